The number of hydrogen-bond acceptors (Lipinski definition) is 1. The van der Waals surface area contributed by atoms with Crippen molar-refractivity contribution in [1.82, 2.24) is 3.80 Å². The summed E-state index contributed by atoms with van der Waals surface area (Å²) in [7, 11) is 0. The number of hydrogen-bond donors (Lipinski definition) is 1. The summed E-state index contributed by atoms with van der Waals surface area (Å²) in [6.45, 7) is 20.0. The molecule has 1 N–H and O–H groups in total. The molecule has 26 heavy (non-hydrogen) atoms. The molecule has 0 saturated heterocycles. The third-order valence-electron chi connectivity index (χ3n) is 5.69. The molecule has 0 heterocycles. The summed E-state index contributed by atoms with van der Waals surface area (Å²) >= 11 is -3.32. The van der Waals surface area contributed by atoms with Gasteiger partial charge in [0.05, 0.1) is 0 Å². The zero-order valence-corrected chi connectivity index (χ0v) is 19.2. The Kier molecular flexibility index (Phi) is 6.64. The topological polar surface area (TPSA) is 12.0 Å². The molecule has 0 amide bonds. The Labute approximate surface area is 167 Å². The first-order valence-corrected chi connectivity index (χ1v) is 15.1. The van der Waals surface area contributed by atoms with E-state index in [2.05, 4.69) is 97.9 Å². The van der Waals surface area contributed by atoms with E-state index >= 15 is 0 Å². The van der Waals surface area contributed by atoms with E-state index in [-0.39, 0.29) is 16.5 Å². The molecule has 1 unspecified atom stereocenters. The Morgan fingerprint density at radius 2 is 1.65 bits per heavy atom. The van der Waals surface area contributed by atoms with Crippen molar-refractivity contribution >= 4 is 16.5 Å². The summed E-state index contributed by atoms with van der Waals surface area (Å²) in [5.74, 6) is 0. The SMILES string of the molecule is C=C(C)C(C)=[CH][Ti]([CH3])([CH3])([NH]C(C)(C)C)[CH]1C(C)=C(C)c2ccccc21.[SiH4]. The molecule has 1 aromatic carbocycles. The number of benzene rings is 1. The van der Waals surface area contributed by atoms with Gasteiger partial charge in [0.2, 0.25) is 0 Å². The Balaban J connectivity index is 0.00000338. The van der Waals surface area contributed by atoms with Crippen LogP contribution in [-0.2, 0) is 15.6 Å². The number of fused-ring (bicyclic) bond motifs is 1. The van der Waals surface area contributed by atoms with Crippen LogP contribution >= 0.6 is 0 Å². The monoisotopic (exact) mass is 406 g/mol. The van der Waals surface area contributed by atoms with Crippen LogP contribution in [0.3, 0.4) is 0 Å². The second kappa shape index (κ2) is 7.39. The molecule has 0 saturated carbocycles. The van der Waals surface area contributed by atoms with Gasteiger partial charge in [0, 0.05) is 0 Å². The fourth-order valence-corrected chi connectivity index (χ4v) is 16.1. The minimum absolute atomic E-state index is 0. The first-order chi connectivity index (χ1) is 11.3. The summed E-state index contributed by atoms with van der Waals surface area (Å²) in [4.78, 5) is 0. The maximum atomic E-state index is 4.19. The van der Waals surface area contributed by atoms with E-state index in [1.54, 1.807) is 0 Å². The third-order valence-corrected chi connectivity index (χ3v) is 14.1. The number of nitrogens with one attached hydrogen (secondary N) is 1. The average Bonchev–Trinajstić information content (AvgIpc) is 2.69. The van der Waals surface area contributed by atoms with Gasteiger partial charge in [-0.1, -0.05) is 0 Å². The first-order valence-electron chi connectivity index (χ1n) is 9.37. The van der Waals surface area contributed by atoms with Gasteiger partial charge in [0.15, 0.2) is 0 Å². The summed E-state index contributed by atoms with van der Waals surface area (Å²) in [6.07, 6.45) is 0. The van der Waals surface area contributed by atoms with Gasteiger partial charge >= 0.3 is 157 Å². The van der Waals surface area contributed by atoms with E-state index in [1.165, 1.54) is 33.4 Å². The van der Waals surface area contributed by atoms with E-state index in [9.17, 15) is 0 Å². The Hall–Kier alpha value is -0.669. The minimum Gasteiger partial charge on any atom is -0.0149 e. The second-order valence-electron chi connectivity index (χ2n) is 9.92. The van der Waals surface area contributed by atoms with Crippen molar-refractivity contribution in [2.45, 2.75) is 68.7 Å². The van der Waals surface area contributed by atoms with E-state index in [4.69, 9.17) is 0 Å². The summed E-state index contributed by atoms with van der Waals surface area (Å²) in [6, 6.07) is 8.98. The van der Waals surface area contributed by atoms with E-state index < -0.39 is 15.6 Å². The maximum absolute atomic E-state index is 4.19. The van der Waals surface area contributed by atoms with Crippen molar-refractivity contribution in [1.29, 1.82) is 0 Å². The van der Waals surface area contributed by atoms with Crippen LogP contribution in [-0.4, -0.2) is 16.5 Å². The minimum atomic E-state index is -3.32. The van der Waals surface area contributed by atoms with Crippen molar-refractivity contribution in [2.75, 3.05) is 0 Å². The normalized spacial score (nSPS) is 19.5. The van der Waals surface area contributed by atoms with Crippen LogP contribution in [0.25, 0.3) is 5.57 Å². The van der Waals surface area contributed by atoms with Gasteiger partial charge in [0.1, 0.15) is 0 Å². The molecule has 1 nitrogen and oxygen atoms in total. The van der Waals surface area contributed by atoms with Crippen molar-refractivity contribution in [2.24, 2.45) is 0 Å². The van der Waals surface area contributed by atoms with Crippen LogP contribution < -0.4 is 3.80 Å². The van der Waals surface area contributed by atoms with Gasteiger partial charge in [-0.2, -0.15) is 0 Å². The largest absolute Gasteiger partial charge is 0.0149 e. The zero-order chi connectivity index (χ0) is 19.2. The van der Waals surface area contributed by atoms with Crippen molar-refractivity contribution in [3.8, 4) is 0 Å². The van der Waals surface area contributed by atoms with Gasteiger partial charge < -0.3 is 0 Å². The van der Waals surface area contributed by atoms with Crippen LogP contribution in [0.5, 0.6) is 0 Å². The molecule has 1 aliphatic rings. The fourth-order valence-electron chi connectivity index (χ4n) is 5.06. The molecular formula is C23H40NSiTi. The molecular weight excluding hydrogens is 366 g/mol. The smallest absolute Gasteiger partial charge is 0.0149 e. The molecule has 0 bridgehead atoms. The van der Waals surface area contributed by atoms with Crippen LogP contribution in [0, 0.1) is 0 Å². The van der Waals surface area contributed by atoms with Gasteiger partial charge in [-0.05, 0) is 11.0 Å². The number of allylic oxidation sites excluding steroid dienone is 4. The predicted octanol–water partition coefficient (Wildman–Crippen LogP) is 5.65. The maximum Gasteiger partial charge on any atom is -0.0149 e. The third kappa shape index (κ3) is 4.42. The molecule has 3 heteroatoms. The standard InChI is InChI=1S/C11H11.C6H9.C4H10N.2CH3.H4Si.Ti/c1-8-7-10-5-3-4-6-11(10)9(8)2;1-5(2)6(3)4;1-4(2,3)5;;;;/h3-7H,1-2H3;1H,3H2,2,4H3;5H,1-3H3;2*1H3;1H4;/q;;-1;;;;+1. The Bertz CT molecular complexity index is 778. The first kappa shape index (κ1) is 23.4. The van der Waals surface area contributed by atoms with Gasteiger partial charge in [0.25, 0.3) is 0 Å². The van der Waals surface area contributed by atoms with Crippen LogP contribution in [0.4, 0.5) is 0 Å². The fraction of sp³-hybridized carbons (Fsp3) is 0.478. The zero-order valence-electron chi connectivity index (χ0n) is 17.7. The number of rotatable bonds is 4. The molecule has 145 valence electrons. The molecule has 0 spiro atoms. The molecule has 0 aromatic heterocycles. The summed E-state index contributed by atoms with van der Waals surface area (Å²) in [5.41, 5.74) is 8.48. The summed E-state index contributed by atoms with van der Waals surface area (Å²) < 4.78 is 7.23. The van der Waals surface area contributed by atoms with Gasteiger partial charge in [-0.3, -0.25) is 0 Å². The Morgan fingerprint density at radius 1 is 1.12 bits per heavy atom. The Morgan fingerprint density at radius 3 is 2.15 bits per heavy atom. The van der Waals surface area contributed by atoms with E-state index in [0.717, 1.165) is 0 Å². The van der Waals surface area contributed by atoms with Gasteiger partial charge in [-0.15, -0.1) is 0 Å². The van der Waals surface area contributed by atoms with E-state index in [1.807, 2.05) is 0 Å². The second-order valence-corrected chi connectivity index (χ2v) is 19.8. The van der Waals surface area contributed by atoms with Crippen LogP contribution in [0.15, 0.2) is 51.9 Å². The average molecular weight is 407 g/mol. The molecule has 0 aliphatic heterocycles. The van der Waals surface area contributed by atoms with Gasteiger partial charge in [-0.25, -0.2) is 0 Å². The predicted molar refractivity (Wildman–Crippen MR) is 122 cm³/mol. The molecule has 0 radical (unpaired) electrons. The van der Waals surface area contributed by atoms with Crippen molar-refractivity contribution in [3.63, 3.8) is 0 Å². The summed E-state index contributed by atoms with van der Waals surface area (Å²) in [5, 5.41) is 5.08. The molecule has 1 aromatic rings. The van der Waals surface area contributed by atoms with Crippen LogP contribution in [0.2, 0.25) is 10.5 Å². The molecule has 0 fully saturated rings. The molecule has 1 aliphatic carbocycles. The van der Waals surface area contributed by atoms with E-state index in [0.29, 0.717) is 4.22 Å². The van der Waals surface area contributed by atoms with Crippen LogP contribution in [0.1, 0.15) is 63.8 Å². The quantitative estimate of drug-likeness (QED) is 0.503. The molecule has 1 atom stereocenters. The van der Waals surface area contributed by atoms with Crippen molar-refractivity contribution in [3.05, 3.63) is 63.1 Å². The van der Waals surface area contributed by atoms with Crippen molar-refractivity contribution < 1.29 is 15.6 Å². The molecule has 2 rings (SSSR count).